The van der Waals surface area contributed by atoms with Crippen LogP contribution >= 0.6 is 11.8 Å². The van der Waals surface area contributed by atoms with E-state index in [1.165, 1.54) is 28.5 Å². The number of benzene rings is 3. The molecule has 0 saturated carbocycles. The molecule has 0 spiro atoms. The third kappa shape index (κ3) is 6.46. The lowest BCUT2D eigenvalue weighted by Gasteiger charge is -2.08. The fourth-order valence-corrected chi connectivity index (χ4v) is 3.63. The van der Waals surface area contributed by atoms with Crippen molar-refractivity contribution in [3.05, 3.63) is 90.0 Å². The van der Waals surface area contributed by atoms with Crippen molar-refractivity contribution in [3.63, 3.8) is 0 Å². The second-order valence-corrected chi connectivity index (χ2v) is 7.53. The minimum absolute atomic E-state index is 0.119. The molecule has 0 fully saturated rings. The molecule has 0 amide bonds. The van der Waals surface area contributed by atoms with Crippen LogP contribution in [0.5, 0.6) is 5.75 Å². The summed E-state index contributed by atoms with van der Waals surface area (Å²) in [6.45, 7) is 0.659. The van der Waals surface area contributed by atoms with Crippen LogP contribution in [0.2, 0.25) is 0 Å². The molecular formula is C24H24O3S. The van der Waals surface area contributed by atoms with Gasteiger partial charge in [0.05, 0.1) is 12.4 Å². The fraction of sp³-hybridized carbons (Fsp3) is 0.208. The highest BCUT2D eigenvalue weighted by Gasteiger charge is 2.02. The average molecular weight is 393 g/mol. The number of thioether (sulfide) groups is 1. The van der Waals surface area contributed by atoms with Crippen molar-refractivity contribution in [2.75, 3.05) is 12.4 Å². The number of aliphatic carboxylic acids is 1. The summed E-state index contributed by atoms with van der Waals surface area (Å²) in [5.41, 5.74) is 4.86. The van der Waals surface area contributed by atoms with Crippen LogP contribution in [-0.2, 0) is 17.0 Å². The minimum Gasteiger partial charge on any atom is -0.494 e. The van der Waals surface area contributed by atoms with Gasteiger partial charge in [0.25, 0.3) is 0 Å². The van der Waals surface area contributed by atoms with Gasteiger partial charge in [-0.15, -0.1) is 11.8 Å². The summed E-state index contributed by atoms with van der Waals surface area (Å²) in [5.74, 6) is 0.854. The topological polar surface area (TPSA) is 46.5 Å². The smallest absolute Gasteiger partial charge is 0.313 e. The van der Waals surface area contributed by atoms with Crippen LogP contribution < -0.4 is 4.74 Å². The molecule has 0 aliphatic carbocycles. The van der Waals surface area contributed by atoms with Gasteiger partial charge in [0.2, 0.25) is 0 Å². The predicted molar refractivity (Wildman–Crippen MR) is 116 cm³/mol. The van der Waals surface area contributed by atoms with Crippen LogP contribution in [0, 0.1) is 0 Å². The standard InChI is InChI=1S/C24H24O3S/c25-24(26)18-28-17-20-6-4-10-23(16-20)27-15-5-7-19-11-13-22(14-12-19)21-8-2-1-3-9-21/h1-4,6,8-14,16H,5,7,15,17-18H2,(H,25,26). The Morgan fingerprint density at radius 3 is 2.36 bits per heavy atom. The number of aryl methyl sites for hydroxylation is 1. The van der Waals surface area contributed by atoms with Gasteiger partial charge in [-0.25, -0.2) is 0 Å². The number of carbonyl (C=O) groups is 1. The quantitative estimate of drug-likeness (QED) is 0.451. The van der Waals surface area contributed by atoms with Gasteiger partial charge in [-0.1, -0.05) is 66.7 Å². The van der Waals surface area contributed by atoms with Crippen molar-refractivity contribution in [3.8, 4) is 16.9 Å². The van der Waals surface area contributed by atoms with Gasteiger partial charge in [0.1, 0.15) is 5.75 Å². The molecular weight excluding hydrogens is 368 g/mol. The van der Waals surface area contributed by atoms with Crippen LogP contribution in [-0.4, -0.2) is 23.4 Å². The highest BCUT2D eigenvalue weighted by Crippen LogP contribution is 2.20. The lowest BCUT2D eigenvalue weighted by molar-refractivity contribution is -0.133. The minimum atomic E-state index is -0.783. The van der Waals surface area contributed by atoms with E-state index in [-0.39, 0.29) is 5.75 Å². The molecule has 3 aromatic carbocycles. The van der Waals surface area contributed by atoms with Gasteiger partial charge < -0.3 is 9.84 Å². The van der Waals surface area contributed by atoms with E-state index in [0.717, 1.165) is 24.2 Å². The van der Waals surface area contributed by atoms with E-state index in [0.29, 0.717) is 12.4 Å². The molecule has 3 rings (SSSR count). The zero-order chi connectivity index (χ0) is 19.6. The first-order chi connectivity index (χ1) is 13.7. The maximum atomic E-state index is 10.6. The first kappa shape index (κ1) is 20.0. The molecule has 0 aliphatic heterocycles. The highest BCUT2D eigenvalue weighted by molar-refractivity contribution is 7.99. The maximum absolute atomic E-state index is 10.6. The molecule has 0 aliphatic rings. The zero-order valence-electron chi connectivity index (χ0n) is 15.7. The van der Waals surface area contributed by atoms with E-state index in [2.05, 4.69) is 48.5 Å². The molecule has 4 heteroatoms. The Labute approximate surface area is 170 Å². The molecule has 1 N–H and O–H groups in total. The molecule has 0 bridgehead atoms. The van der Waals surface area contributed by atoms with E-state index in [1.807, 2.05) is 30.3 Å². The molecule has 0 saturated heterocycles. The van der Waals surface area contributed by atoms with Crippen LogP contribution in [0.25, 0.3) is 11.1 Å². The Morgan fingerprint density at radius 1 is 0.857 bits per heavy atom. The SMILES string of the molecule is O=C(O)CSCc1cccc(OCCCc2ccc(-c3ccccc3)cc2)c1. The van der Waals surface area contributed by atoms with E-state index >= 15 is 0 Å². The van der Waals surface area contributed by atoms with E-state index in [4.69, 9.17) is 9.84 Å². The number of hydrogen-bond acceptors (Lipinski definition) is 3. The van der Waals surface area contributed by atoms with Gasteiger partial charge in [0, 0.05) is 5.75 Å². The molecule has 0 unspecified atom stereocenters. The van der Waals surface area contributed by atoms with Crippen LogP contribution in [0.1, 0.15) is 17.5 Å². The lowest BCUT2D eigenvalue weighted by atomic mass is 10.0. The van der Waals surface area contributed by atoms with Crippen molar-refractivity contribution in [1.82, 2.24) is 0 Å². The van der Waals surface area contributed by atoms with Crippen molar-refractivity contribution in [1.29, 1.82) is 0 Å². The molecule has 0 heterocycles. The maximum Gasteiger partial charge on any atom is 0.313 e. The number of ether oxygens (including phenoxy) is 1. The van der Waals surface area contributed by atoms with E-state index in [1.54, 1.807) is 0 Å². The summed E-state index contributed by atoms with van der Waals surface area (Å²) in [6, 6.07) is 27.0. The fourth-order valence-electron chi connectivity index (χ4n) is 2.94. The normalized spacial score (nSPS) is 10.6. The summed E-state index contributed by atoms with van der Waals surface area (Å²) < 4.78 is 5.86. The van der Waals surface area contributed by atoms with Gasteiger partial charge >= 0.3 is 5.97 Å². The Balaban J connectivity index is 1.42. The van der Waals surface area contributed by atoms with Crippen LogP contribution in [0.3, 0.4) is 0 Å². The van der Waals surface area contributed by atoms with E-state index < -0.39 is 5.97 Å². The Hall–Kier alpha value is -2.72. The zero-order valence-corrected chi connectivity index (χ0v) is 16.5. The molecule has 0 aromatic heterocycles. The number of carboxylic acids is 1. The summed E-state index contributed by atoms with van der Waals surface area (Å²) in [4.78, 5) is 10.6. The lowest BCUT2D eigenvalue weighted by Crippen LogP contribution is -2.00. The third-order valence-electron chi connectivity index (χ3n) is 4.33. The number of rotatable bonds is 10. The predicted octanol–water partition coefficient (Wildman–Crippen LogP) is 5.68. The second-order valence-electron chi connectivity index (χ2n) is 6.55. The Morgan fingerprint density at radius 2 is 1.61 bits per heavy atom. The number of hydrogen-bond donors (Lipinski definition) is 1. The molecule has 0 radical (unpaired) electrons. The Kier molecular flexibility index (Phi) is 7.56. The molecule has 0 atom stereocenters. The molecule has 144 valence electrons. The van der Waals surface area contributed by atoms with Crippen molar-refractivity contribution in [2.24, 2.45) is 0 Å². The second kappa shape index (κ2) is 10.6. The van der Waals surface area contributed by atoms with Crippen molar-refractivity contribution in [2.45, 2.75) is 18.6 Å². The summed E-state index contributed by atoms with van der Waals surface area (Å²) >= 11 is 1.39. The molecule has 3 aromatic rings. The summed E-state index contributed by atoms with van der Waals surface area (Å²) in [5, 5.41) is 8.71. The first-order valence-electron chi connectivity index (χ1n) is 9.36. The van der Waals surface area contributed by atoms with Gasteiger partial charge in [-0.05, 0) is 47.2 Å². The van der Waals surface area contributed by atoms with Crippen molar-refractivity contribution >= 4 is 17.7 Å². The van der Waals surface area contributed by atoms with Crippen molar-refractivity contribution < 1.29 is 14.6 Å². The van der Waals surface area contributed by atoms with Gasteiger partial charge in [0.15, 0.2) is 0 Å². The molecule has 3 nitrogen and oxygen atoms in total. The van der Waals surface area contributed by atoms with Crippen LogP contribution in [0.15, 0.2) is 78.9 Å². The van der Waals surface area contributed by atoms with Crippen LogP contribution in [0.4, 0.5) is 0 Å². The third-order valence-corrected chi connectivity index (χ3v) is 5.32. The highest BCUT2D eigenvalue weighted by atomic mass is 32.2. The Bertz CT molecular complexity index is 876. The number of carboxylic acid groups (broad SMARTS) is 1. The summed E-state index contributed by atoms with van der Waals surface area (Å²) in [6.07, 6.45) is 1.92. The average Bonchev–Trinajstić information content (AvgIpc) is 2.72. The van der Waals surface area contributed by atoms with Gasteiger partial charge in [-0.2, -0.15) is 0 Å². The molecule has 28 heavy (non-hydrogen) atoms. The van der Waals surface area contributed by atoms with E-state index in [9.17, 15) is 4.79 Å². The summed E-state index contributed by atoms with van der Waals surface area (Å²) in [7, 11) is 0. The van der Waals surface area contributed by atoms with Gasteiger partial charge in [-0.3, -0.25) is 4.79 Å². The largest absolute Gasteiger partial charge is 0.494 e. The monoisotopic (exact) mass is 392 g/mol. The first-order valence-corrected chi connectivity index (χ1v) is 10.5.